The summed E-state index contributed by atoms with van der Waals surface area (Å²) >= 11 is 12.7. The van der Waals surface area contributed by atoms with Crippen LogP contribution in [-0.2, 0) is 25.2 Å². The predicted octanol–water partition coefficient (Wildman–Crippen LogP) is 8.23. The molecule has 240 valence electrons. The first-order valence-electron chi connectivity index (χ1n) is 15.4. The number of hydrogen-bond acceptors (Lipinski definition) is 5. The van der Waals surface area contributed by atoms with Crippen molar-refractivity contribution in [2.24, 2.45) is 11.8 Å². The molecule has 2 aliphatic carbocycles. The number of fused-ring (bicyclic) bond motifs is 5. The van der Waals surface area contributed by atoms with Crippen molar-refractivity contribution in [2.45, 2.75) is 10.8 Å². The smallest absolute Gasteiger partial charge is 0.296 e. The third-order valence-electron chi connectivity index (χ3n) is 10.1. The Hall–Kier alpha value is -5.44. The predicted molar refractivity (Wildman–Crippen MR) is 183 cm³/mol. The first-order chi connectivity index (χ1) is 23.6. The lowest BCUT2D eigenvalue weighted by molar-refractivity contribution is -0.384. The number of anilines is 1. The average Bonchev–Trinajstić information content (AvgIpc) is 3.61. The molecule has 4 atom stereocenters. The minimum absolute atomic E-state index is 0.373. The van der Waals surface area contributed by atoms with E-state index in [1.165, 1.54) is 0 Å². The maximum absolute atomic E-state index is 15.9. The van der Waals surface area contributed by atoms with Crippen molar-refractivity contribution in [3.05, 3.63) is 176 Å². The number of carbonyl (C=O) groups is 3. The van der Waals surface area contributed by atoms with Crippen LogP contribution in [0.25, 0.3) is 11.1 Å². The second-order valence-electron chi connectivity index (χ2n) is 12.3. The number of nitro groups is 1. The molecule has 1 saturated heterocycles. The quantitative estimate of drug-likeness (QED) is 0.102. The van der Waals surface area contributed by atoms with Crippen LogP contribution >= 0.6 is 23.2 Å². The molecular weight excluding hydrogens is 666 g/mol. The number of hydrogen-bond donors (Lipinski definition) is 0. The van der Waals surface area contributed by atoms with Gasteiger partial charge in [0.15, 0.2) is 5.78 Å². The number of benzene rings is 5. The van der Waals surface area contributed by atoms with Crippen molar-refractivity contribution < 1.29 is 23.7 Å². The standard InChI is InChI=1S/C39H23Cl2FN2O5/c40-26-15-11-24(12-16-26)38-31(22-7-3-1-4-8-22)32(23-9-5-2-6-10-23)39(37(38)47,25-13-17-27(41)18-14-25)34-33(38)35(45)43(36(34)46)29-20-19-28(42)21-30(29)44(48)49/h1-21,33-34H/t33-,34-,38-,39-/m0/s1. The Kier molecular flexibility index (Phi) is 6.96. The number of Topliss-reactive ketones (excluding diaryl/α,β-unsaturated/α-hetero) is 1. The van der Waals surface area contributed by atoms with E-state index in [9.17, 15) is 14.5 Å². The second-order valence-corrected chi connectivity index (χ2v) is 13.2. The van der Waals surface area contributed by atoms with Crippen LogP contribution in [0, 0.1) is 27.8 Å². The molecule has 0 spiro atoms. The van der Waals surface area contributed by atoms with E-state index in [-0.39, 0.29) is 11.5 Å². The number of nitrogens with zero attached hydrogens (tertiary/aromatic N) is 2. The minimum Gasteiger partial charge on any atom is -0.297 e. The van der Waals surface area contributed by atoms with Gasteiger partial charge in [0.05, 0.1) is 33.7 Å². The highest BCUT2D eigenvalue weighted by Crippen LogP contribution is 2.74. The normalized spacial score (nSPS) is 24.1. The number of allylic oxidation sites excluding steroid dienone is 2. The Bertz CT molecular complexity index is 2130. The van der Waals surface area contributed by atoms with Gasteiger partial charge in [-0.2, -0.15) is 0 Å². The molecule has 8 rings (SSSR count). The fourth-order valence-corrected chi connectivity index (χ4v) is 8.68. The van der Waals surface area contributed by atoms with E-state index in [0.717, 1.165) is 17.0 Å². The van der Waals surface area contributed by atoms with Crippen LogP contribution in [0.3, 0.4) is 0 Å². The van der Waals surface area contributed by atoms with Crippen molar-refractivity contribution in [3.8, 4) is 0 Å². The molecule has 2 fully saturated rings. The first kappa shape index (κ1) is 30.9. The molecule has 10 heteroatoms. The monoisotopic (exact) mass is 688 g/mol. The Labute approximate surface area is 289 Å². The molecule has 49 heavy (non-hydrogen) atoms. The minimum atomic E-state index is -1.75. The van der Waals surface area contributed by atoms with Gasteiger partial charge in [-0.05, 0) is 69.8 Å². The SMILES string of the molecule is O=C1[C@@H]2[C@@H](C(=O)N1c1ccc(F)cc1[N+](=O)[O-])[C@@]1(c3ccc(Cl)cc3)C(=O)[C@@]2(c2ccc(Cl)cc2)C(c2ccccc2)=C1c1ccccc1. The van der Waals surface area contributed by atoms with Crippen LogP contribution in [0.5, 0.6) is 0 Å². The second kappa shape index (κ2) is 11.1. The summed E-state index contributed by atoms with van der Waals surface area (Å²) in [4.78, 5) is 58.2. The van der Waals surface area contributed by atoms with E-state index in [0.29, 0.717) is 49.5 Å². The zero-order valence-corrected chi connectivity index (χ0v) is 26.9. The summed E-state index contributed by atoms with van der Waals surface area (Å²) in [7, 11) is 0. The molecule has 7 nitrogen and oxygen atoms in total. The maximum atomic E-state index is 15.9. The van der Waals surface area contributed by atoms with Crippen molar-refractivity contribution in [3.63, 3.8) is 0 Å². The fraction of sp³-hybridized carbons (Fsp3) is 0.103. The van der Waals surface area contributed by atoms with Crippen molar-refractivity contribution >= 4 is 63.3 Å². The van der Waals surface area contributed by atoms with E-state index < -0.39 is 50.9 Å². The molecule has 5 aromatic rings. The summed E-state index contributed by atoms with van der Waals surface area (Å²) in [5.74, 6) is -5.56. The van der Waals surface area contributed by atoms with E-state index in [1.54, 1.807) is 48.5 Å². The van der Waals surface area contributed by atoms with Crippen molar-refractivity contribution in [1.29, 1.82) is 0 Å². The molecule has 2 bridgehead atoms. The lowest BCUT2D eigenvalue weighted by atomic mass is 9.59. The summed E-state index contributed by atoms with van der Waals surface area (Å²) in [6, 6.07) is 34.4. The van der Waals surface area contributed by atoms with E-state index >= 15 is 14.4 Å². The Morgan fingerprint density at radius 2 is 1.06 bits per heavy atom. The summed E-state index contributed by atoms with van der Waals surface area (Å²) in [6.45, 7) is 0. The zero-order chi connectivity index (χ0) is 34.2. The molecule has 0 aromatic heterocycles. The fourth-order valence-electron chi connectivity index (χ4n) is 8.43. The lowest BCUT2D eigenvalue weighted by Gasteiger charge is -2.39. The number of carbonyl (C=O) groups excluding carboxylic acids is 3. The maximum Gasteiger partial charge on any atom is 0.296 e. The first-order valence-corrected chi connectivity index (χ1v) is 16.1. The molecule has 2 amide bonds. The molecular formula is C39H23Cl2FN2O5. The molecule has 0 N–H and O–H groups in total. The zero-order valence-electron chi connectivity index (χ0n) is 25.3. The van der Waals surface area contributed by atoms with Crippen molar-refractivity contribution in [2.75, 3.05) is 4.90 Å². The topological polar surface area (TPSA) is 97.6 Å². The molecule has 1 saturated carbocycles. The average molecular weight is 690 g/mol. The van der Waals surface area contributed by atoms with Crippen LogP contribution in [0.2, 0.25) is 10.0 Å². The number of amides is 2. The van der Waals surface area contributed by atoms with Crippen LogP contribution in [0.1, 0.15) is 22.3 Å². The molecule has 0 radical (unpaired) electrons. The van der Waals surface area contributed by atoms with Gasteiger partial charge in [0.25, 0.3) is 5.69 Å². The largest absolute Gasteiger partial charge is 0.297 e. The number of nitro benzene ring substituents is 1. The number of halogens is 3. The molecule has 5 aromatic carbocycles. The summed E-state index contributed by atoms with van der Waals surface area (Å²) in [5.41, 5.74) is -1.35. The van der Waals surface area contributed by atoms with Crippen LogP contribution in [-0.4, -0.2) is 22.5 Å². The highest BCUT2D eigenvalue weighted by molar-refractivity contribution is 6.39. The lowest BCUT2D eigenvalue weighted by Crippen LogP contribution is -2.45. The Balaban J connectivity index is 1.55. The van der Waals surface area contributed by atoms with Gasteiger partial charge in [-0.3, -0.25) is 24.5 Å². The molecule has 3 aliphatic rings. The van der Waals surface area contributed by atoms with Crippen LogP contribution < -0.4 is 4.90 Å². The van der Waals surface area contributed by atoms with Gasteiger partial charge in [-0.15, -0.1) is 0 Å². The van der Waals surface area contributed by atoms with Gasteiger partial charge in [0.2, 0.25) is 11.8 Å². The number of rotatable bonds is 6. The molecule has 0 unspecified atom stereocenters. The van der Waals surface area contributed by atoms with Gasteiger partial charge in [0.1, 0.15) is 11.5 Å². The summed E-state index contributed by atoms with van der Waals surface area (Å²) < 4.78 is 14.3. The van der Waals surface area contributed by atoms with Gasteiger partial charge in [-0.1, -0.05) is 108 Å². The van der Waals surface area contributed by atoms with Crippen LogP contribution in [0.4, 0.5) is 15.8 Å². The highest BCUT2D eigenvalue weighted by atomic mass is 35.5. The van der Waals surface area contributed by atoms with Gasteiger partial charge < -0.3 is 0 Å². The van der Waals surface area contributed by atoms with Crippen LogP contribution in [0.15, 0.2) is 127 Å². The third-order valence-corrected chi connectivity index (χ3v) is 10.6. The third kappa shape index (κ3) is 4.05. The summed E-state index contributed by atoms with van der Waals surface area (Å²) in [6.07, 6.45) is 0. The number of ketones is 1. The molecule has 1 aliphatic heterocycles. The van der Waals surface area contributed by atoms with E-state index in [4.69, 9.17) is 23.2 Å². The molecule has 1 heterocycles. The van der Waals surface area contributed by atoms with E-state index in [2.05, 4.69) is 0 Å². The van der Waals surface area contributed by atoms with Gasteiger partial charge in [0, 0.05) is 10.0 Å². The Morgan fingerprint density at radius 3 is 1.47 bits per heavy atom. The van der Waals surface area contributed by atoms with Gasteiger partial charge >= 0.3 is 0 Å². The number of imide groups is 1. The Morgan fingerprint density at radius 1 is 0.633 bits per heavy atom. The van der Waals surface area contributed by atoms with Crippen molar-refractivity contribution in [1.82, 2.24) is 0 Å². The van der Waals surface area contributed by atoms with Gasteiger partial charge in [-0.25, -0.2) is 9.29 Å². The highest BCUT2D eigenvalue weighted by Gasteiger charge is 2.83. The summed E-state index contributed by atoms with van der Waals surface area (Å²) in [5, 5.41) is 13.0. The van der Waals surface area contributed by atoms with E-state index in [1.807, 2.05) is 60.7 Å².